The van der Waals surface area contributed by atoms with E-state index < -0.39 is 0 Å². The molecule has 124 valence electrons. The molecule has 0 aliphatic rings. The van der Waals surface area contributed by atoms with Crippen molar-refractivity contribution < 1.29 is 18.7 Å². The molecule has 3 aromatic rings. The van der Waals surface area contributed by atoms with E-state index >= 15 is 0 Å². The zero-order valence-electron chi connectivity index (χ0n) is 13.5. The summed E-state index contributed by atoms with van der Waals surface area (Å²) >= 11 is 0. The van der Waals surface area contributed by atoms with Crippen LogP contribution in [-0.2, 0) is 4.79 Å². The molecular weight excluding hydrogens is 308 g/mol. The van der Waals surface area contributed by atoms with Gasteiger partial charge in [0.05, 0.1) is 6.61 Å². The molecule has 0 saturated heterocycles. The summed E-state index contributed by atoms with van der Waals surface area (Å²) in [4.78, 5) is 16.2. The van der Waals surface area contributed by atoms with Crippen molar-refractivity contribution in [1.29, 1.82) is 0 Å². The highest BCUT2D eigenvalue weighted by atomic mass is 16.5. The fourth-order valence-corrected chi connectivity index (χ4v) is 2.27. The molecule has 0 aliphatic heterocycles. The predicted molar refractivity (Wildman–Crippen MR) is 90.5 cm³/mol. The first-order valence-electron chi connectivity index (χ1n) is 7.67. The predicted octanol–water partition coefficient (Wildman–Crippen LogP) is 3.55. The largest absolute Gasteiger partial charge is 0.494 e. The van der Waals surface area contributed by atoms with Crippen molar-refractivity contribution >= 4 is 22.7 Å². The Hall–Kier alpha value is -3.02. The summed E-state index contributed by atoms with van der Waals surface area (Å²) in [5, 5.41) is 2.77. The third-order valence-corrected chi connectivity index (χ3v) is 3.28. The highest BCUT2D eigenvalue weighted by Crippen LogP contribution is 2.20. The number of anilines is 1. The summed E-state index contributed by atoms with van der Waals surface area (Å²) in [7, 11) is 0. The van der Waals surface area contributed by atoms with Gasteiger partial charge in [-0.25, -0.2) is 4.98 Å². The van der Waals surface area contributed by atoms with Crippen molar-refractivity contribution in [1.82, 2.24) is 4.98 Å². The van der Waals surface area contributed by atoms with Crippen LogP contribution < -0.4 is 14.8 Å². The van der Waals surface area contributed by atoms with E-state index in [1.165, 1.54) is 0 Å². The highest BCUT2D eigenvalue weighted by molar-refractivity contribution is 5.93. The average Bonchev–Trinajstić information content (AvgIpc) is 2.94. The third kappa shape index (κ3) is 3.84. The van der Waals surface area contributed by atoms with Gasteiger partial charge in [-0.15, -0.1) is 0 Å². The number of fused-ring (bicyclic) bond motifs is 1. The third-order valence-electron chi connectivity index (χ3n) is 3.28. The van der Waals surface area contributed by atoms with Crippen molar-refractivity contribution in [2.24, 2.45) is 0 Å². The Labute approximate surface area is 139 Å². The topological polar surface area (TPSA) is 73.6 Å². The first-order chi connectivity index (χ1) is 11.6. The van der Waals surface area contributed by atoms with Crippen LogP contribution in [0.2, 0.25) is 0 Å². The van der Waals surface area contributed by atoms with Crippen LogP contribution in [0.1, 0.15) is 12.8 Å². The Morgan fingerprint density at radius 1 is 1.12 bits per heavy atom. The zero-order valence-corrected chi connectivity index (χ0v) is 13.5. The Bertz CT molecular complexity index is 840. The van der Waals surface area contributed by atoms with Crippen LogP contribution in [0.25, 0.3) is 11.1 Å². The number of ether oxygens (including phenoxy) is 2. The molecular formula is C18H18N2O4. The number of oxazole rings is 1. The van der Waals surface area contributed by atoms with E-state index in [1.54, 1.807) is 49.4 Å². The number of hydrogen-bond acceptors (Lipinski definition) is 5. The standard InChI is InChI=1S/C18H18N2O4/c1-3-22-14-5-7-15(8-6-14)23-11-18(21)20-13-4-9-17-16(10-13)19-12(2)24-17/h4-10H,3,11H2,1-2H3,(H,20,21). The monoisotopic (exact) mass is 326 g/mol. The molecule has 3 rings (SSSR count). The second-order valence-electron chi connectivity index (χ2n) is 5.16. The van der Waals surface area contributed by atoms with Gasteiger partial charge in [0, 0.05) is 12.6 Å². The fourth-order valence-electron chi connectivity index (χ4n) is 2.27. The Morgan fingerprint density at radius 2 is 1.83 bits per heavy atom. The highest BCUT2D eigenvalue weighted by Gasteiger charge is 2.07. The molecule has 0 atom stereocenters. The van der Waals surface area contributed by atoms with Crippen LogP contribution in [0.3, 0.4) is 0 Å². The number of carbonyl (C=O) groups excluding carboxylic acids is 1. The van der Waals surface area contributed by atoms with Crippen molar-refractivity contribution in [2.45, 2.75) is 13.8 Å². The van der Waals surface area contributed by atoms with Gasteiger partial charge in [0.2, 0.25) is 0 Å². The van der Waals surface area contributed by atoms with Crippen LogP contribution in [-0.4, -0.2) is 24.1 Å². The van der Waals surface area contributed by atoms with Crippen molar-refractivity contribution in [3.8, 4) is 11.5 Å². The van der Waals surface area contributed by atoms with E-state index in [2.05, 4.69) is 10.3 Å². The van der Waals surface area contributed by atoms with E-state index in [0.29, 0.717) is 35.0 Å². The lowest BCUT2D eigenvalue weighted by molar-refractivity contribution is -0.118. The minimum Gasteiger partial charge on any atom is -0.494 e. The zero-order chi connectivity index (χ0) is 16.9. The molecule has 6 nitrogen and oxygen atoms in total. The van der Waals surface area contributed by atoms with E-state index in [1.807, 2.05) is 6.92 Å². The van der Waals surface area contributed by atoms with Gasteiger partial charge in [0.15, 0.2) is 18.1 Å². The van der Waals surface area contributed by atoms with Gasteiger partial charge in [0.25, 0.3) is 5.91 Å². The molecule has 0 saturated carbocycles. The quantitative estimate of drug-likeness (QED) is 0.750. The molecule has 0 bridgehead atoms. The molecule has 1 amide bonds. The van der Waals surface area contributed by atoms with Gasteiger partial charge in [-0.3, -0.25) is 4.79 Å². The minimum absolute atomic E-state index is 0.0795. The summed E-state index contributed by atoms with van der Waals surface area (Å²) < 4.78 is 16.2. The smallest absolute Gasteiger partial charge is 0.262 e. The fraction of sp³-hybridized carbons (Fsp3) is 0.222. The van der Waals surface area contributed by atoms with Crippen molar-refractivity contribution in [3.05, 3.63) is 48.4 Å². The van der Waals surface area contributed by atoms with E-state index in [9.17, 15) is 4.79 Å². The summed E-state index contributed by atoms with van der Waals surface area (Å²) in [6.45, 7) is 4.23. The number of aromatic nitrogens is 1. The molecule has 1 aromatic heterocycles. The molecule has 0 aliphatic carbocycles. The van der Waals surface area contributed by atoms with Gasteiger partial charge in [-0.05, 0) is 49.4 Å². The number of benzene rings is 2. The van der Waals surface area contributed by atoms with Gasteiger partial charge in [-0.1, -0.05) is 0 Å². The molecule has 1 heterocycles. The summed E-state index contributed by atoms with van der Waals surface area (Å²) in [6, 6.07) is 12.4. The maximum Gasteiger partial charge on any atom is 0.262 e. The first-order valence-corrected chi connectivity index (χ1v) is 7.67. The molecule has 1 N–H and O–H groups in total. The van der Waals surface area contributed by atoms with Crippen LogP contribution >= 0.6 is 0 Å². The Kier molecular flexibility index (Phi) is 4.65. The number of aryl methyl sites for hydroxylation is 1. The molecule has 2 aromatic carbocycles. The van der Waals surface area contributed by atoms with Gasteiger partial charge < -0.3 is 19.2 Å². The van der Waals surface area contributed by atoms with Crippen LogP contribution in [0, 0.1) is 6.92 Å². The second-order valence-corrected chi connectivity index (χ2v) is 5.16. The lowest BCUT2D eigenvalue weighted by Crippen LogP contribution is -2.20. The normalized spacial score (nSPS) is 10.6. The van der Waals surface area contributed by atoms with Gasteiger partial charge >= 0.3 is 0 Å². The van der Waals surface area contributed by atoms with E-state index in [4.69, 9.17) is 13.9 Å². The number of hydrogen-bond donors (Lipinski definition) is 1. The second kappa shape index (κ2) is 7.04. The van der Waals surface area contributed by atoms with Crippen LogP contribution in [0.5, 0.6) is 11.5 Å². The summed E-state index contributed by atoms with van der Waals surface area (Å²) in [5.41, 5.74) is 2.05. The Balaban J connectivity index is 1.56. The Morgan fingerprint density at radius 3 is 2.54 bits per heavy atom. The molecule has 0 fully saturated rings. The molecule has 0 spiro atoms. The maximum atomic E-state index is 12.0. The van der Waals surface area contributed by atoms with E-state index in [0.717, 1.165) is 5.75 Å². The lowest BCUT2D eigenvalue weighted by Gasteiger charge is -2.08. The van der Waals surface area contributed by atoms with Crippen molar-refractivity contribution in [2.75, 3.05) is 18.5 Å². The van der Waals surface area contributed by atoms with Gasteiger partial charge in [-0.2, -0.15) is 0 Å². The van der Waals surface area contributed by atoms with Crippen LogP contribution in [0.15, 0.2) is 46.9 Å². The average molecular weight is 326 g/mol. The maximum absolute atomic E-state index is 12.0. The minimum atomic E-state index is -0.247. The van der Waals surface area contributed by atoms with Crippen molar-refractivity contribution in [3.63, 3.8) is 0 Å². The molecule has 6 heteroatoms. The number of carbonyl (C=O) groups is 1. The number of nitrogens with one attached hydrogen (secondary N) is 1. The van der Waals surface area contributed by atoms with Crippen LogP contribution in [0.4, 0.5) is 5.69 Å². The number of nitrogens with zero attached hydrogens (tertiary/aromatic N) is 1. The lowest BCUT2D eigenvalue weighted by atomic mass is 10.3. The number of amides is 1. The molecule has 0 unspecified atom stereocenters. The molecule has 0 radical (unpaired) electrons. The first kappa shape index (κ1) is 15.9. The van der Waals surface area contributed by atoms with E-state index in [-0.39, 0.29) is 12.5 Å². The SMILES string of the molecule is CCOc1ccc(OCC(=O)Nc2ccc3oc(C)nc3c2)cc1. The summed E-state index contributed by atoms with van der Waals surface area (Å²) in [6.07, 6.45) is 0. The molecule has 24 heavy (non-hydrogen) atoms. The summed E-state index contributed by atoms with van der Waals surface area (Å²) in [5.74, 6) is 1.72. The number of rotatable bonds is 6. The van der Waals surface area contributed by atoms with Gasteiger partial charge in [0.1, 0.15) is 17.0 Å².